The molecule has 6 heteroatoms. The highest BCUT2D eigenvalue weighted by molar-refractivity contribution is 9.10. The minimum atomic E-state index is -0.420. The molecule has 2 N–H and O–H groups in total. The highest BCUT2D eigenvalue weighted by Crippen LogP contribution is 2.41. The Balaban J connectivity index is 1.70. The van der Waals surface area contributed by atoms with Gasteiger partial charge in [0.2, 0.25) is 0 Å². The number of halogens is 1. The van der Waals surface area contributed by atoms with E-state index in [9.17, 15) is 19.8 Å². The van der Waals surface area contributed by atoms with Crippen LogP contribution in [0.2, 0.25) is 0 Å². The first kappa shape index (κ1) is 22.6. The number of carbonyl (C=O) groups is 2. The molecule has 1 aliphatic carbocycles. The van der Waals surface area contributed by atoms with Gasteiger partial charge in [0.05, 0.1) is 7.11 Å². The second-order valence-corrected chi connectivity index (χ2v) is 9.05. The van der Waals surface area contributed by atoms with Crippen LogP contribution in [0.15, 0.2) is 89.4 Å². The predicted octanol–water partition coefficient (Wildman–Crippen LogP) is 6.17. The molecule has 5 rings (SSSR count). The number of hydrogen-bond acceptors (Lipinski definition) is 5. The van der Waals surface area contributed by atoms with Gasteiger partial charge in [0.15, 0.2) is 11.6 Å². The molecule has 0 atom stereocenters. The first-order valence-corrected chi connectivity index (χ1v) is 11.6. The number of ether oxygens (including phenoxy) is 1. The molecule has 0 unspecified atom stereocenters. The van der Waals surface area contributed by atoms with Gasteiger partial charge < -0.3 is 14.9 Å². The summed E-state index contributed by atoms with van der Waals surface area (Å²) in [6.45, 7) is 0. The van der Waals surface area contributed by atoms with Crippen molar-refractivity contribution in [2.24, 2.45) is 0 Å². The van der Waals surface area contributed by atoms with Crippen LogP contribution in [0.1, 0.15) is 16.7 Å². The fraction of sp³-hybridized carbons (Fsp3) is 0.0345. The molecule has 0 heterocycles. The lowest BCUT2D eigenvalue weighted by molar-refractivity contribution is -0.112. The number of methoxy groups -OCH3 is 1. The van der Waals surface area contributed by atoms with Crippen LogP contribution < -0.4 is 4.74 Å². The number of ketones is 2. The number of rotatable bonds is 4. The molecule has 35 heavy (non-hydrogen) atoms. The standard InChI is InChI=1S/C29H19BrO5/c1-35-22-10-6-17-12-19(3-2-18(17)13-22)23-15-26(33)27(16-4-7-20(30)8-5-16)28(29(23)34)24-14-21(31)9-11-25(24)32/h2-15,31-32H,1H3. The fourth-order valence-electron chi connectivity index (χ4n) is 4.26. The third-order valence-corrected chi connectivity index (χ3v) is 6.51. The predicted molar refractivity (Wildman–Crippen MR) is 139 cm³/mol. The van der Waals surface area contributed by atoms with Gasteiger partial charge in [-0.15, -0.1) is 0 Å². The van der Waals surface area contributed by atoms with E-state index in [0.29, 0.717) is 11.1 Å². The van der Waals surface area contributed by atoms with Gasteiger partial charge in [-0.05, 0) is 76.5 Å². The summed E-state index contributed by atoms with van der Waals surface area (Å²) >= 11 is 3.39. The second kappa shape index (κ2) is 8.89. The summed E-state index contributed by atoms with van der Waals surface area (Å²) in [5.74, 6) is -0.403. The van der Waals surface area contributed by atoms with Crippen LogP contribution in [0.5, 0.6) is 17.2 Å². The van der Waals surface area contributed by atoms with Crippen molar-refractivity contribution in [3.8, 4) is 17.2 Å². The average Bonchev–Trinajstić information content (AvgIpc) is 2.86. The van der Waals surface area contributed by atoms with Crippen LogP contribution in [0.4, 0.5) is 0 Å². The number of allylic oxidation sites excluding steroid dienone is 4. The number of Topliss-reactive ketones (excluding diaryl/α,β-unsaturated/α-hetero) is 1. The van der Waals surface area contributed by atoms with E-state index in [1.165, 1.54) is 24.3 Å². The molecule has 0 spiro atoms. The minimum Gasteiger partial charge on any atom is -0.508 e. The topological polar surface area (TPSA) is 83.8 Å². The summed E-state index contributed by atoms with van der Waals surface area (Å²) < 4.78 is 6.10. The highest BCUT2D eigenvalue weighted by Gasteiger charge is 2.32. The zero-order valence-corrected chi connectivity index (χ0v) is 20.2. The largest absolute Gasteiger partial charge is 0.508 e. The Bertz CT molecular complexity index is 1580. The number of phenols is 2. The van der Waals surface area contributed by atoms with Crippen molar-refractivity contribution in [1.82, 2.24) is 0 Å². The molecule has 172 valence electrons. The number of benzene rings is 4. The number of hydrogen-bond donors (Lipinski definition) is 2. The molecule has 1 aliphatic rings. The van der Waals surface area contributed by atoms with Crippen LogP contribution in [-0.2, 0) is 9.59 Å². The molecule has 0 aromatic heterocycles. The molecule has 0 bridgehead atoms. The number of fused-ring (bicyclic) bond motifs is 1. The van der Waals surface area contributed by atoms with Gasteiger partial charge in [0.1, 0.15) is 17.2 Å². The fourth-order valence-corrected chi connectivity index (χ4v) is 4.52. The Kier molecular flexibility index (Phi) is 5.75. The van der Waals surface area contributed by atoms with E-state index in [0.717, 1.165) is 21.0 Å². The number of phenolic OH excluding ortho intramolecular Hbond substituents is 2. The quantitative estimate of drug-likeness (QED) is 0.245. The van der Waals surface area contributed by atoms with Crippen LogP contribution >= 0.6 is 15.9 Å². The summed E-state index contributed by atoms with van der Waals surface area (Å²) in [5.41, 5.74) is 1.62. The van der Waals surface area contributed by atoms with Crippen molar-refractivity contribution in [3.63, 3.8) is 0 Å². The third kappa shape index (κ3) is 4.13. The first-order valence-electron chi connectivity index (χ1n) is 10.8. The van der Waals surface area contributed by atoms with E-state index in [1.54, 1.807) is 37.4 Å². The van der Waals surface area contributed by atoms with Gasteiger partial charge in [-0.3, -0.25) is 9.59 Å². The van der Waals surface area contributed by atoms with Gasteiger partial charge in [-0.1, -0.05) is 46.3 Å². The van der Waals surface area contributed by atoms with E-state index in [1.807, 2.05) is 30.3 Å². The lowest BCUT2D eigenvalue weighted by atomic mass is 9.80. The summed E-state index contributed by atoms with van der Waals surface area (Å²) in [7, 11) is 1.60. The number of carbonyl (C=O) groups excluding carboxylic acids is 2. The molecule has 0 saturated carbocycles. The lowest BCUT2D eigenvalue weighted by Crippen LogP contribution is -2.17. The van der Waals surface area contributed by atoms with E-state index < -0.39 is 5.78 Å². The van der Waals surface area contributed by atoms with Gasteiger partial charge in [-0.25, -0.2) is 0 Å². The van der Waals surface area contributed by atoms with E-state index in [2.05, 4.69) is 15.9 Å². The summed E-state index contributed by atoms with van der Waals surface area (Å²) in [4.78, 5) is 27.4. The zero-order chi connectivity index (χ0) is 24.7. The Morgan fingerprint density at radius 2 is 1.43 bits per heavy atom. The summed E-state index contributed by atoms with van der Waals surface area (Å²) in [5, 5.41) is 22.5. The normalized spacial score (nSPS) is 13.8. The van der Waals surface area contributed by atoms with Crippen molar-refractivity contribution >= 4 is 55.0 Å². The van der Waals surface area contributed by atoms with E-state index in [-0.39, 0.29) is 39.6 Å². The van der Waals surface area contributed by atoms with Crippen molar-refractivity contribution in [2.45, 2.75) is 0 Å². The molecule has 5 nitrogen and oxygen atoms in total. The van der Waals surface area contributed by atoms with Crippen LogP contribution in [0.3, 0.4) is 0 Å². The van der Waals surface area contributed by atoms with Crippen LogP contribution in [-0.4, -0.2) is 28.9 Å². The molecular weight excluding hydrogens is 508 g/mol. The van der Waals surface area contributed by atoms with Crippen molar-refractivity contribution in [2.75, 3.05) is 7.11 Å². The maximum atomic E-state index is 13.9. The van der Waals surface area contributed by atoms with Gasteiger partial charge >= 0.3 is 0 Å². The molecule has 0 fully saturated rings. The van der Waals surface area contributed by atoms with Crippen molar-refractivity contribution in [3.05, 3.63) is 106 Å². The Hall–Kier alpha value is -4.16. The smallest absolute Gasteiger partial charge is 0.195 e. The molecule has 0 aliphatic heterocycles. The lowest BCUT2D eigenvalue weighted by Gasteiger charge is -2.21. The highest BCUT2D eigenvalue weighted by atomic mass is 79.9. The maximum absolute atomic E-state index is 13.9. The van der Waals surface area contributed by atoms with Gasteiger partial charge in [-0.2, -0.15) is 0 Å². The SMILES string of the molecule is COc1ccc2cc(C3=CC(=O)C(c4ccc(Br)cc4)=C(c4cc(O)ccc4O)C3=O)ccc2c1. The second-order valence-electron chi connectivity index (χ2n) is 8.14. The van der Waals surface area contributed by atoms with Gasteiger partial charge in [0.25, 0.3) is 0 Å². The molecule has 0 saturated heterocycles. The summed E-state index contributed by atoms with van der Waals surface area (Å²) in [6.07, 6.45) is 1.34. The average molecular weight is 527 g/mol. The molecule has 0 radical (unpaired) electrons. The van der Waals surface area contributed by atoms with E-state index >= 15 is 0 Å². The van der Waals surface area contributed by atoms with Crippen molar-refractivity contribution in [1.29, 1.82) is 0 Å². The Morgan fingerprint density at radius 1 is 0.743 bits per heavy atom. The van der Waals surface area contributed by atoms with Crippen LogP contribution in [0.25, 0.3) is 27.5 Å². The van der Waals surface area contributed by atoms with Gasteiger partial charge in [0, 0.05) is 26.8 Å². The monoisotopic (exact) mass is 526 g/mol. The molecular formula is C29H19BrO5. The third-order valence-electron chi connectivity index (χ3n) is 5.98. The molecule has 4 aromatic rings. The first-order chi connectivity index (χ1) is 16.9. The van der Waals surface area contributed by atoms with Crippen LogP contribution in [0, 0.1) is 0 Å². The van der Waals surface area contributed by atoms with Crippen molar-refractivity contribution < 1.29 is 24.5 Å². The summed E-state index contributed by atoms with van der Waals surface area (Å²) in [6, 6.07) is 22.0. The number of aromatic hydroxyl groups is 2. The maximum Gasteiger partial charge on any atom is 0.195 e. The Labute approximate surface area is 209 Å². The molecule has 0 amide bonds. The zero-order valence-electron chi connectivity index (χ0n) is 18.6. The minimum absolute atomic E-state index is 0.0399. The van der Waals surface area contributed by atoms with E-state index in [4.69, 9.17) is 4.74 Å². The molecule has 4 aromatic carbocycles. The Morgan fingerprint density at radius 3 is 2.17 bits per heavy atom.